The van der Waals surface area contributed by atoms with Gasteiger partial charge in [-0.3, -0.25) is 4.79 Å². The van der Waals surface area contributed by atoms with E-state index >= 15 is 0 Å². The van der Waals surface area contributed by atoms with Crippen molar-refractivity contribution in [3.63, 3.8) is 0 Å². The van der Waals surface area contributed by atoms with Crippen LogP contribution in [0.25, 0.3) is 0 Å². The fourth-order valence-electron chi connectivity index (χ4n) is 3.63. The highest BCUT2D eigenvalue weighted by Crippen LogP contribution is 2.25. The van der Waals surface area contributed by atoms with E-state index in [4.69, 9.17) is 4.42 Å². The Morgan fingerprint density at radius 1 is 1.00 bits per heavy atom. The zero-order chi connectivity index (χ0) is 21.5. The predicted molar refractivity (Wildman–Crippen MR) is 127 cm³/mol. The molecule has 4 rings (SSSR count). The third-order valence-corrected chi connectivity index (χ3v) is 6.68. The number of nitrogens with zero attached hydrogens (tertiary/aromatic N) is 2. The number of nitrogens with one attached hydrogen (secondary N) is 1. The third-order valence-electron chi connectivity index (χ3n) is 5.61. The number of hydrogen-bond donors (Lipinski definition) is 1. The number of benzene rings is 2. The SMILES string of the molecule is CN1CCN(CCc2ccc(NC(=O)c3occc3CSc3ccccc3)cc2)CC1. The number of thioether (sulfide) groups is 1. The van der Waals surface area contributed by atoms with Gasteiger partial charge < -0.3 is 19.5 Å². The van der Waals surface area contributed by atoms with E-state index in [1.165, 1.54) is 10.5 Å². The maximum absolute atomic E-state index is 12.7. The Balaban J connectivity index is 1.28. The highest BCUT2D eigenvalue weighted by molar-refractivity contribution is 7.98. The van der Waals surface area contributed by atoms with Crippen LogP contribution in [0.3, 0.4) is 0 Å². The van der Waals surface area contributed by atoms with Crippen LogP contribution in [0.1, 0.15) is 21.7 Å². The molecule has 1 amide bonds. The van der Waals surface area contributed by atoms with Crippen LogP contribution in [0.5, 0.6) is 0 Å². The average Bonchev–Trinajstić information content (AvgIpc) is 3.28. The number of furan rings is 1. The first kappa shape index (κ1) is 21.7. The molecule has 2 aromatic carbocycles. The van der Waals surface area contributed by atoms with E-state index in [1.807, 2.05) is 36.4 Å². The molecule has 3 aromatic rings. The van der Waals surface area contributed by atoms with Crippen LogP contribution in [0, 0.1) is 0 Å². The van der Waals surface area contributed by atoms with E-state index < -0.39 is 0 Å². The van der Waals surface area contributed by atoms with Gasteiger partial charge in [0.05, 0.1) is 6.26 Å². The lowest BCUT2D eigenvalue weighted by Crippen LogP contribution is -2.45. The maximum Gasteiger partial charge on any atom is 0.291 e. The van der Waals surface area contributed by atoms with Gasteiger partial charge in [0.15, 0.2) is 5.76 Å². The Kier molecular flexibility index (Phi) is 7.46. The molecular weight excluding hydrogens is 406 g/mol. The molecule has 5 nitrogen and oxygen atoms in total. The van der Waals surface area contributed by atoms with Crippen molar-refractivity contribution in [3.05, 3.63) is 83.8 Å². The van der Waals surface area contributed by atoms with Crippen molar-refractivity contribution in [1.82, 2.24) is 9.80 Å². The molecule has 162 valence electrons. The van der Waals surface area contributed by atoms with Crippen LogP contribution in [0.4, 0.5) is 5.69 Å². The number of carbonyl (C=O) groups is 1. The molecule has 6 heteroatoms. The molecule has 1 saturated heterocycles. The third kappa shape index (κ3) is 6.23. The molecule has 1 aliphatic heterocycles. The van der Waals surface area contributed by atoms with Gasteiger partial charge in [-0.05, 0) is 49.4 Å². The highest BCUT2D eigenvalue weighted by Gasteiger charge is 2.16. The topological polar surface area (TPSA) is 48.7 Å². The monoisotopic (exact) mass is 435 g/mol. The van der Waals surface area contributed by atoms with Crippen molar-refractivity contribution >= 4 is 23.4 Å². The van der Waals surface area contributed by atoms with Gasteiger partial charge in [-0.1, -0.05) is 30.3 Å². The smallest absolute Gasteiger partial charge is 0.291 e. The summed E-state index contributed by atoms with van der Waals surface area (Å²) in [5, 5.41) is 2.96. The summed E-state index contributed by atoms with van der Waals surface area (Å²) in [7, 11) is 2.18. The first-order valence-corrected chi connectivity index (χ1v) is 11.7. The van der Waals surface area contributed by atoms with E-state index in [-0.39, 0.29) is 5.91 Å². The van der Waals surface area contributed by atoms with Crippen molar-refractivity contribution in [3.8, 4) is 0 Å². The fraction of sp³-hybridized carbons (Fsp3) is 0.320. The Labute approximate surface area is 188 Å². The van der Waals surface area contributed by atoms with Gasteiger partial charge in [-0.25, -0.2) is 0 Å². The minimum absolute atomic E-state index is 0.209. The second kappa shape index (κ2) is 10.7. The van der Waals surface area contributed by atoms with Gasteiger partial charge in [-0.15, -0.1) is 11.8 Å². The second-order valence-corrected chi connectivity index (χ2v) is 8.97. The van der Waals surface area contributed by atoms with Gasteiger partial charge in [0.25, 0.3) is 5.91 Å². The molecule has 2 heterocycles. The summed E-state index contributed by atoms with van der Waals surface area (Å²) in [4.78, 5) is 18.8. The number of anilines is 1. The lowest BCUT2D eigenvalue weighted by atomic mass is 10.1. The van der Waals surface area contributed by atoms with E-state index in [1.54, 1.807) is 18.0 Å². The number of piperazine rings is 1. The Morgan fingerprint density at radius 2 is 1.74 bits per heavy atom. The Hall–Kier alpha value is -2.54. The molecule has 0 aliphatic carbocycles. The lowest BCUT2D eigenvalue weighted by molar-refractivity contribution is 0.0996. The molecule has 1 aliphatic rings. The van der Waals surface area contributed by atoms with Crippen molar-refractivity contribution < 1.29 is 9.21 Å². The second-order valence-electron chi connectivity index (χ2n) is 7.92. The largest absolute Gasteiger partial charge is 0.459 e. The Bertz CT molecular complexity index is 964. The van der Waals surface area contributed by atoms with Gasteiger partial charge in [0.1, 0.15) is 0 Å². The fourth-order valence-corrected chi connectivity index (χ4v) is 4.53. The van der Waals surface area contributed by atoms with E-state index in [2.05, 4.69) is 46.4 Å². The minimum Gasteiger partial charge on any atom is -0.459 e. The number of rotatable bonds is 8. The molecule has 0 radical (unpaired) electrons. The predicted octanol–water partition coefficient (Wildman–Crippen LogP) is 4.61. The molecular formula is C25H29N3O2S. The van der Waals surface area contributed by atoms with Crippen LogP contribution in [0.15, 0.2) is 76.2 Å². The standard InChI is InChI=1S/C25H29N3O2S/c1-27-14-16-28(17-15-27)13-11-20-7-9-22(10-8-20)26-25(29)24-21(12-18-30-24)19-31-23-5-3-2-4-6-23/h2-10,12,18H,11,13-17,19H2,1H3,(H,26,29). The summed E-state index contributed by atoms with van der Waals surface area (Å²) in [5.41, 5.74) is 2.97. The molecule has 0 saturated carbocycles. The molecule has 0 bridgehead atoms. The van der Waals surface area contributed by atoms with E-state index in [9.17, 15) is 4.79 Å². The first-order chi connectivity index (χ1) is 15.2. The van der Waals surface area contributed by atoms with Crippen molar-refractivity contribution in [1.29, 1.82) is 0 Å². The van der Waals surface area contributed by atoms with Gasteiger partial charge in [-0.2, -0.15) is 0 Å². The van der Waals surface area contributed by atoms with Crippen LogP contribution < -0.4 is 5.32 Å². The molecule has 1 fully saturated rings. The molecule has 1 aromatic heterocycles. The first-order valence-electron chi connectivity index (χ1n) is 10.7. The van der Waals surface area contributed by atoms with Crippen LogP contribution in [-0.2, 0) is 12.2 Å². The lowest BCUT2D eigenvalue weighted by Gasteiger charge is -2.32. The van der Waals surface area contributed by atoms with Gasteiger partial charge in [0.2, 0.25) is 0 Å². The van der Waals surface area contributed by atoms with Gasteiger partial charge in [0, 0.05) is 54.6 Å². The summed E-state index contributed by atoms with van der Waals surface area (Å²) in [6.45, 7) is 5.64. The number of likely N-dealkylation sites (N-methyl/N-ethyl adjacent to an activating group) is 1. The zero-order valence-electron chi connectivity index (χ0n) is 17.9. The van der Waals surface area contributed by atoms with Gasteiger partial charge >= 0.3 is 0 Å². The summed E-state index contributed by atoms with van der Waals surface area (Å²) in [6, 6.07) is 20.2. The van der Waals surface area contributed by atoms with Crippen molar-refractivity contribution in [2.45, 2.75) is 17.1 Å². The van der Waals surface area contributed by atoms with Crippen molar-refractivity contribution in [2.75, 3.05) is 45.1 Å². The van der Waals surface area contributed by atoms with E-state index in [0.29, 0.717) is 11.5 Å². The quantitative estimate of drug-likeness (QED) is 0.524. The summed E-state index contributed by atoms with van der Waals surface area (Å²) in [5.74, 6) is 0.857. The molecule has 0 spiro atoms. The number of hydrogen-bond acceptors (Lipinski definition) is 5. The zero-order valence-corrected chi connectivity index (χ0v) is 18.7. The molecule has 0 unspecified atom stereocenters. The van der Waals surface area contributed by atoms with Crippen LogP contribution >= 0.6 is 11.8 Å². The van der Waals surface area contributed by atoms with Crippen LogP contribution in [0.2, 0.25) is 0 Å². The number of carbonyl (C=O) groups excluding carboxylic acids is 1. The summed E-state index contributed by atoms with van der Waals surface area (Å²) in [6.07, 6.45) is 2.61. The maximum atomic E-state index is 12.7. The molecule has 1 N–H and O–H groups in total. The molecule has 31 heavy (non-hydrogen) atoms. The summed E-state index contributed by atoms with van der Waals surface area (Å²) < 4.78 is 5.49. The average molecular weight is 436 g/mol. The molecule has 0 atom stereocenters. The highest BCUT2D eigenvalue weighted by atomic mass is 32.2. The van der Waals surface area contributed by atoms with Crippen molar-refractivity contribution in [2.24, 2.45) is 0 Å². The summed E-state index contributed by atoms with van der Waals surface area (Å²) >= 11 is 1.69. The normalized spacial score (nSPS) is 15.1. The van der Waals surface area contributed by atoms with E-state index in [0.717, 1.165) is 50.4 Å². The Morgan fingerprint density at radius 3 is 2.48 bits per heavy atom. The number of amides is 1. The van der Waals surface area contributed by atoms with Crippen LogP contribution in [-0.4, -0.2) is 55.5 Å². The minimum atomic E-state index is -0.209.